The van der Waals surface area contributed by atoms with Crippen molar-refractivity contribution >= 4 is 27.7 Å². The fourth-order valence-electron chi connectivity index (χ4n) is 1.10. The van der Waals surface area contributed by atoms with Crippen molar-refractivity contribution in [3.8, 4) is 5.75 Å². The molecule has 4 heteroatoms. The van der Waals surface area contributed by atoms with Crippen LogP contribution in [0, 0.1) is 0 Å². The van der Waals surface area contributed by atoms with E-state index in [1.54, 1.807) is 0 Å². The van der Waals surface area contributed by atoms with Crippen molar-refractivity contribution in [3.05, 3.63) is 28.7 Å². The highest BCUT2D eigenvalue weighted by Gasteiger charge is 1.93. The summed E-state index contributed by atoms with van der Waals surface area (Å²) >= 11 is 5.26. The van der Waals surface area contributed by atoms with Gasteiger partial charge in [-0.2, -0.15) is 11.8 Å². The SMILES string of the molecule is CSCCNCCOc1cccc(Br)c1. The van der Waals surface area contributed by atoms with Crippen molar-refractivity contribution in [1.29, 1.82) is 0 Å². The second-order valence-electron chi connectivity index (χ2n) is 3.05. The summed E-state index contributed by atoms with van der Waals surface area (Å²) in [5.74, 6) is 2.06. The summed E-state index contributed by atoms with van der Waals surface area (Å²) in [5, 5.41) is 3.31. The summed E-state index contributed by atoms with van der Waals surface area (Å²) in [6.07, 6.45) is 2.11. The van der Waals surface area contributed by atoms with Gasteiger partial charge < -0.3 is 10.1 Å². The van der Waals surface area contributed by atoms with E-state index < -0.39 is 0 Å². The fourth-order valence-corrected chi connectivity index (χ4v) is 1.82. The molecule has 84 valence electrons. The maximum Gasteiger partial charge on any atom is 0.120 e. The zero-order chi connectivity index (χ0) is 10.9. The second kappa shape index (κ2) is 8.02. The van der Waals surface area contributed by atoms with Gasteiger partial charge in [0.1, 0.15) is 12.4 Å². The zero-order valence-corrected chi connectivity index (χ0v) is 11.2. The Hall–Kier alpha value is -0.190. The summed E-state index contributed by atoms with van der Waals surface area (Å²) in [7, 11) is 0. The molecule has 0 aromatic heterocycles. The van der Waals surface area contributed by atoms with Crippen LogP contribution in [0.15, 0.2) is 28.7 Å². The van der Waals surface area contributed by atoms with Gasteiger partial charge >= 0.3 is 0 Å². The van der Waals surface area contributed by atoms with Gasteiger partial charge in [-0.3, -0.25) is 0 Å². The average molecular weight is 290 g/mol. The van der Waals surface area contributed by atoms with Crippen LogP contribution in [0.4, 0.5) is 0 Å². The Balaban J connectivity index is 2.10. The molecule has 0 unspecified atom stereocenters. The van der Waals surface area contributed by atoms with E-state index in [0.29, 0.717) is 6.61 Å². The first kappa shape index (κ1) is 12.9. The van der Waals surface area contributed by atoms with Gasteiger partial charge in [-0.15, -0.1) is 0 Å². The lowest BCUT2D eigenvalue weighted by molar-refractivity contribution is 0.315. The number of hydrogen-bond acceptors (Lipinski definition) is 3. The lowest BCUT2D eigenvalue weighted by Crippen LogP contribution is -2.23. The quantitative estimate of drug-likeness (QED) is 0.780. The number of rotatable bonds is 7. The third-order valence-corrected chi connectivity index (χ3v) is 2.93. The van der Waals surface area contributed by atoms with Crippen molar-refractivity contribution < 1.29 is 4.74 Å². The molecule has 0 aliphatic heterocycles. The molecular formula is C11H16BrNOS. The van der Waals surface area contributed by atoms with Gasteiger partial charge in [0.2, 0.25) is 0 Å². The van der Waals surface area contributed by atoms with Crippen LogP contribution >= 0.6 is 27.7 Å². The number of ether oxygens (including phenoxy) is 1. The summed E-state index contributed by atoms with van der Waals surface area (Å²) in [6, 6.07) is 7.90. The minimum absolute atomic E-state index is 0.713. The van der Waals surface area contributed by atoms with Crippen molar-refractivity contribution in [1.82, 2.24) is 5.32 Å². The van der Waals surface area contributed by atoms with E-state index >= 15 is 0 Å². The molecule has 0 radical (unpaired) electrons. The Kier molecular flexibility index (Phi) is 6.88. The summed E-state index contributed by atoms with van der Waals surface area (Å²) < 4.78 is 6.62. The smallest absolute Gasteiger partial charge is 0.120 e. The van der Waals surface area contributed by atoms with E-state index in [0.717, 1.165) is 29.1 Å². The molecule has 1 aromatic carbocycles. The van der Waals surface area contributed by atoms with Crippen LogP contribution in [0.2, 0.25) is 0 Å². The van der Waals surface area contributed by atoms with Crippen LogP contribution < -0.4 is 10.1 Å². The van der Waals surface area contributed by atoms with Gasteiger partial charge in [0.25, 0.3) is 0 Å². The number of halogens is 1. The molecule has 0 fully saturated rings. The minimum atomic E-state index is 0.713. The van der Waals surface area contributed by atoms with Crippen LogP contribution in [0.5, 0.6) is 5.75 Å². The first-order valence-corrected chi connectivity index (χ1v) is 7.09. The van der Waals surface area contributed by atoms with Crippen LogP contribution in [-0.2, 0) is 0 Å². The molecule has 2 nitrogen and oxygen atoms in total. The molecule has 0 spiro atoms. The van der Waals surface area contributed by atoms with E-state index in [4.69, 9.17) is 4.74 Å². The highest BCUT2D eigenvalue weighted by Crippen LogP contribution is 2.17. The normalized spacial score (nSPS) is 10.3. The van der Waals surface area contributed by atoms with Crippen LogP contribution in [-0.4, -0.2) is 31.7 Å². The van der Waals surface area contributed by atoms with Gasteiger partial charge in [-0.1, -0.05) is 22.0 Å². The predicted molar refractivity (Wildman–Crippen MR) is 70.9 cm³/mol. The molecule has 1 rings (SSSR count). The van der Waals surface area contributed by atoms with Gasteiger partial charge in [0, 0.05) is 23.3 Å². The molecule has 0 saturated carbocycles. The van der Waals surface area contributed by atoms with E-state index in [9.17, 15) is 0 Å². The minimum Gasteiger partial charge on any atom is -0.492 e. The van der Waals surface area contributed by atoms with Gasteiger partial charge in [0.15, 0.2) is 0 Å². The predicted octanol–water partition coefficient (Wildman–Crippen LogP) is 2.78. The van der Waals surface area contributed by atoms with Gasteiger partial charge in [-0.05, 0) is 24.5 Å². The lowest BCUT2D eigenvalue weighted by atomic mass is 10.3. The second-order valence-corrected chi connectivity index (χ2v) is 4.95. The highest BCUT2D eigenvalue weighted by molar-refractivity contribution is 9.10. The third-order valence-electron chi connectivity index (χ3n) is 1.83. The standard InChI is InChI=1S/C11H16BrNOS/c1-15-8-6-13-5-7-14-11-4-2-3-10(12)9-11/h2-4,9,13H,5-8H2,1H3. The van der Waals surface area contributed by atoms with E-state index in [-0.39, 0.29) is 0 Å². The Morgan fingerprint density at radius 3 is 3.00 bits per heavy atom. The van der Waals surface area contributed by atoms with Crippen molar-refractivity contribution in [3.63, 3.8) is 0 Å². The first-order chi connectivity index (χ1) is 7.33. The molecule has 1 N–H and O–H groups in total. The molecule has 0 heterocycles. The maximum atomic E-state index is 5.57. The number of hydrogen-bond donors (Lipinski definition) is 1. The van der Waals surface area contributed by atoms with Gasteiger partial charge in [-0.25, -0.2) is 0 Å². The molecule has 0 aliphatic carbocycles. The molecule has 0 atom stereocenters. The van der Waals surface area contributed by atoms with Crippen molar-refractivity contribution in [2.24, 2.45) is 0 Å². The molecule has 15 heavy (non-hydrogen) atoms. The molecule has 0 aliphatic rings. The molecular weight excluding hydrogens is 274 g/mol. The summed E-state index contributed by atoms with van der Waals surface area (Å²) in [4.78, 5) is 0. The Morgan fingerprint density at radius 2 is 2.27 bits per heavy atom. The fraction of sp³-hybridized carbons (Fsp3) is 0.455. The Bertz CT molecular complexity index is 283. The number of nitrogens with one attached hydrogen (secondary N) is 1. The van der Waals surface area contributed by atoms with Crippen LogP contribution in [0.1, 0.15) is 0 Å². The highest BCUT2D eigenvalue weighted by atomic mass is 79.9. The molecule has 0 amide bonds. The average Bonchev–Trinajstić information content (AvgIpc) is 2.23. The zero-order valence-electron chi connectivity index (χ0n) is 8.83. The van der Waals surface area contributed by atoms with E-state index in [1.807, 2.05) is 36.0 Å². The largest absolute Gasteiger partial charge is 0.492 e. The van der Waals surface area contributed by atoms with Crippen molar-refractivity contribution in [2.75, 3.05) is 31.7 Å². The monoisotopic (exact) mass is 289 g/mol. The topological polar surface area (TPSA) is 21.3 Å². The first-order valence-electron chi connectivity index (χ1n) is 4.91. The summed E-state index contributed by atoms with van der Waals surface area (Å²) in [6.45, 7) is 2.65. The maximum absolute atomic E-state index is 5.57. The summed E-state index contributed by atoms with van der Waals surface area (Å²) in [5.41, 5.74) is 0. The van der Waals surface area contributed by atoms with E-state index in [2.05, 4.69) is 27.5 Å². The van der Waals surface area contributed by atoms with E-state index in [1.165, 1.54) is 0 Å². The van der Waals surface area contributed by atoms with Crippen molar-refractivity contribution in [2.45, 2.75) is 0 Å². The third kappa shape index (κ3) is 6.07. The van der Waals surface area contributed by atoms with Gasteiger partial charge in [0.05, 0.1) is 0 Å². The molecule has 1 aromatic rings. The number of benzene rings is 1. The molecule has 0 bridgehead atoms. The molecule has 0 saturated heterocycles. The van der Waals surface area contributed by atoms with Crippen LogP contribution in [0.25, 0.3) is 0 Å². The lowest BCUT2D eigenvalue weighted by Gasteiger charge is -2.07. The Labute approximate surface area is 104 Å². The number of thioether (sulfide) groups is 1. The van der Waals surface area contributed by atoms with Crippen LogP contribution in [0.3, 0.4) is 0 Å². The Morgan fingerprint density at radius 1 is 1.40 bits per heavy atom.